The minimum Gasteiger partial charge on any atom is -0.378 e. The molecule has 0 aromatic carbocycles. The zero-order valence-electron chi connectivity index (χ0n) is 13.5. The number of ether oxygens (including phenoxy) is 1. The molecule has 8 heteroatoms. The van der Waals surface area contributed by atoms with E-state index in [-0.39, 0.29) is 0 Å². The molecule has 3 aromatic heterocycles. The maximum atomic E-state index is 6.23. The molecule has 0 N–H and O–H groups in total. The highest BCUT2D eigenvalue weighted by Crippen LogP contribution is 2.26. The summed E-state index contributed by atoms with van der Waals surface area (Å²) in [5, 5.41) is 4.83. The van der Waals surface area contributed by atoms with Gasteiger partial charge in [0, 0.05) is 38.0 Å². The van der Waals surface area contributed by atoms with Crippen LogP contribution < -0.4 is 4.90 Å². The van der Waals surface area contributed by atoms with Crippen LogP contribution in [0.25, 0.3) is 22.3 Å². The van der Waals surface area contributed by atoms with Gasteiger partial charge in [0.15, 0.2) is 0 Å². The van der Waals surface area contributed by atoms with E-state index in [1.165, 1.54) is 0 Å². The average molecular weight is 345 g/mol. The van der Waals surface area contributed by atoms with Gasteiger partial charge < -0.3 is 9.64 Å². The van der Waals surface area contributed by atoms with Gasteiger partial charge in [0.05, 0.1) is 30.1 Å². The van der Waals surface area contributed by atoms with Gasteiger partial charge in [0.1, 0.15) is 10.7 Å². The summed E-state index contributed by atoms with van der Waals surface area (Å²) in [6.45, 7) is 4.82. The first-order valence-electron chi connectivity index (χ1n) is 7.79. The Morgan fingerprint density at radius 2 is 1.96 bits per heavy atom. The van der Waals surface area contributed by atoms with E-state index in [0.29, 0.717) is 24.3 Å². The number of aromatic nitrogens is 5. The van der Waals surface area contributed by atoms with Crippen LogP contribution in [-0.4, -0.2) is 51.0 Å². The number of hydrogen-bond donors (Lipinski definition) is 0. The van der Waals surface area contributed by atoms with E-state index < -0.39 is 0 Å². The summed E-state index contributed by atoms with van der Waals surface area (Å²) >= 11 is 6.23. The molecular weight excluding hydrogens is 328 g/mol. The third-order valence-electron chi connectivity index (χ3n) is 4.13. The smallest absolute Gasteiger partial charge is 0.227 e. The highest BCUT2D eigenvalue weighted by atomic mass is 35.5. The number of hydrogen-bond acceptors (Lipinski definition) is 6. The van der Waals surface area contributed by atoms with Crippen molar-refractivity contribution < 1.29 is 4.74 Å². The molecule has 24 heavy (non-hydrogen) atoms. The molecule has 0 spiro atoms. The van der Waals surface area contributed by atoms with Gasteiger partial charge in [-0.15, -0.1) is 0 Å². The van der Waals surface area contributed by atoms with Crippen molar-refractivity contribution in [1.29, 1.82) is 0 Å². The maximum Gasteiger partial charge on any atom is 0.227 e. The highest BCUT2D eigenvalue weighted by Gasteiger charge is 2.17. The van der Waals surface area contributed by atoms with Crippen LogP contribution in [0.5, 0.6) is 0 Å². The van der Waals surface area contributed by atoms with Crippen LogP contribution in [0, 0.1) is 6.92 Å². The Hall–Kier alpha value is -2.25. The van der Waals surface area contributed by atoms with Gasteiger partial charge in [-0.3, -0.25) is 9.67 Å². The molecule has 4 rings (SSSR count). The largest absolute Gasteiger partial charge is 0.378 e. The lowest BCUT2D eigenvalue weighted by molar-refractivity contribution is 0.122. The number of fused-ring (bicyclic) bond motifs is 1. The van der Waals surface area contributed by atoms with Crippen LogP contribution in [-0.2, 0) is 11.8 Å². The highest BCUT2D eigenvalue weighted by molar-refractivity contribution is 6.29. The summed E-state index contributed by atoms with van der Waals surface area (Å²) in [5.41, 5.74) is 4.42. The van der Waals surface area contributed by atoms with Crippen LogP contribution in [0.2, 0.25) is 5.15 Å². The van der Waals surface area contributed by atoms with E-state index in [1.807, 2.05) is 24.7 Å². The molecule has 0 unspecified atom stereocenters. The van der Waals surface area contributed by atoms with Gasteiger partial charge in [-0.25, -0.2) is 9.97 Å². The van der Waals surface area contributed by atoms with Crippen LogP contribution in [0.3, 0.4) is 0 Å². The SMILES string of the molecule is Cc1nn(C)c2cc(-c3cc(Cl)nc(N4CCOCC4)n3)cnc12. The second kappa shape index (κ2) is 5.99. The quantitative estimate of drug-likeness (QED) is 0.664. The molecule has 1 fully saturated rings. The zero-order chi connectivity index (χ0) is 16.7. The number of pyridine rings is 1. The van der Waals surface area contributed by atoms with E-state index in [0.717, 1.165) is 41.1 Å². The summed E-state index contributed by atoms with van der Waals surface area (Å²) in [5.74, 6) is 0.627. The van der Waals surface area contributed by atoms with Crippen molar-refractivity contribution in [3.63, 3.8) is 0 Å². The van der Waals surface area contributed by atoms with Crippen LogP contribution in [0.1, 0.15) is 5.69 Å². The summed E-state index contributed by atoms with van der Waals surface area (Å²) in [4.78, 5) is 15.6. The van der Waals surface area contributed by atoms with Crippen molar-refractivity contribution in [3.05, 3.63) is 29.2 Å². The monoisotopic (exact) mass is 344 g/mol. The zero-order valence-corrected chi connectivity index (χ0v) is 14.3. The Labute approximate surface area is 144 Å². The minimum atomic E-state index is 0.419. The van der Waals surface area contributed by atoms with Crippen molar-refractivity contribution in [2.45, 2.75) is 6.92 Å². The number of halogens is 1. The topological polar surface area (TPSA) is 69.0 Å². The lowest BCUT2D eigenvalue weighted by Gasteiger charge is -2.27. The Bertz CT molecular complexity index is 903. The summed E-state index contributed by atoms with van der Waals surface area (Å²) < 4.78 is 7.21. The predicted octanol–water partition coefficient (Wildman–Crippen LogP) is 2.22. The first-order chi connectivity index (χ1) is 11.6. The number of rotatable bonds is 2. The predicted molar refractivity (Wildman–Crippen MR) is 92.3 cm³/mol. The molecule has 0 radical (unpaired) electrons. The number of nitrogens with zero attached hydrogens (tertiary/aromatic N) is 6. The van der Waals surface area contributed by atoms with Crippen LogP contribution >= 0.6 is 11.6 Å². The van der Waals surface area contributed by atoms with E-state index in [2.05, 4.69) is 25.0 Å². The molecule has 1 aliphatic heterocycles. The fourth-order valence-electron chi connectivity index (χ4n) is 2.90. The average Bonchev–Trinajstić information content (AvgIpc) is 2.89. The first-order valence-corrected chi connectivity index (χ1v) is 8.16. The van der Waals surface area contributed by atoms with E-state index in [9.17, 15) is 0 Å². The molecule has 1 saturated heterocycles. The van der Waals surface area contributed by atoms with E-state index >= 15 is 0 Å². The fourth-order valence-corrected chi connectivity index (χ4v) is 3.08. The molecule has 1 aliphatic rings. The molecule has 4 heterocycles. The fraction of sp³-hybridized carbons (Fsp3) is 0.375. The third-order valence-corrected chi connectivity index (χ3v) is 4.33. The number of morpholine rings is 1. The molecule has 0 aliphatic carbocycles. The molecular formula is C16H17ClN6O. The summed E-state index contributed by atoms with van der Waals surface area (Å²) in [7, 11) is 1.91. The van der Waals surface area contributed by atoms with Crippen molar-refractivity contribution >= 4 is 28.6 Å². The standard InChI is InChI=1S/C16H17ClN6O/c1-10-15-13(22(2)21-10)7-11(9-18-15)12-8-14(17)20-16(19-12)23-3-5-24-6-4-23/h7-9H,3-6H2,1-2H3. The summed E-state index contributed by atoms with van der Waals surface area (Å²) in [6.07, 6.45) is 1.80. The normalized spacial score (nSPS) is 15.2. The molecule has 7 nitrogen and oxygen atoms in total. The maximum absolute atomic E-state index is 6.23. The molecule has 0 atom stereocenters. The Balaban J connectivity index is 1.78. The second-order valence-corrected chi connectivity index (χ2v) is 6.16. The number of anilines is 1. The lowest BCUT2D eigenvalue weighted by atomic mass is 10.2. The molecule has 124 valence electrons. The summed E-state index contributed by atoms with van der Waals surface area (Å²) in [6, 6.07) is 3.79. The van der Waals surface area contributed by atoms with Crippen molar-refractivity contribution in [2.24, 2.45) is 7.05 Å². The lowest BCUT2D eigenvalue weighted by Crippen LogP contribution is -2.37. The van der Waals surface area contributed by atoms with E-state index in [1.54, 1.807) is 12.3 Å². The van der Waals surface area contributed by atoms with Crippen LogP contribution in [0.4, 0.5) is 5.95 Å². The minimum absolute atomic E-state index is 0.419. The Morgan fingerprint density at radius 1 is 1.17 bits per heavy atom. The second-order valence-electron chi connectivity index (χ2n) is 5.78. The Kier molecular flexibility index (Phi) is 3.82. The molecule has 0 amide bonds. The van der Waals surface area contributed by atoms with Gasteiger partial charge in [-0.2, -0.15) is 5.10 Å². The first kappa shape index (κ1) is 15.3. The van der Waals surface area contributed by atoms with Gasteiger partial charge in [0.2, 0.25) is 5.95 Å². The van der Waals surface area contributed by atoms with Gasteiger partial charge in [-0.05, 0) is 13.0 Å². The van der Waals surface area contributed by atoms with Crippen molar-refractivity contribution in [2.75, 3.05) is 31.2 Å². The number of aryl methyl sites for hydroxylation is 2. The Morgan fingerprint density at radius 3 is 2.75 bits per heavy atom. The molecule has 3 aromatic rings. The van der Waals surface area contributed by atoms with Gasteiger partial charge >= 0.3 is 0 Å². The van der Waals surface area contributed by atoms with Gasteiger partial charge in [0.25, 0.3) is 0 Å². The third kappa shape index (κ3) is 2.70. The van der Waals surface area contributed by atoms with E-state index in [4.69, 9.17) is 16.3 Å². The van der Waals surface area contributed by atoms with Gasteiger partial charge in [-0.1, -0.05) is 11.6 Å². The van der Waals surface area contributed by atoms with Crippen LogP contribution in [0.15, 0.2) is 18.3 Å². The van der Waals surface area contributed by atoms with Crippen molar-refractivity contribution in [1.82, 2.24) is 24.7 Å². The molecule has 0 saturated carbocycles. The van der Waals surface area contributed by atoms with Crippen molar-refractivity contribution in [3.8, 4) is 11.3 Å². The molecule has 0 bridgehead atoms.